The van der Waals surface area contributed by atoms with Crippen LogP contribution in [-0.4, -0.2) is 70.7 Å². The summed E-state index contributed by atoms with van der Waals surface area (Å²) in [6.45, 7) is 5.26. The molecule has 2 unspecified atom stereocenters. The molecule has 0 aromatic heterocycles. The molecule has 8 nitrogen and oxygen atoms in total. The topological polar surface area (TPSA) is 94.1 Å². The SMILES string of the molecule is CC/C=C\C/C=C\C/C=C\C/C=C\CCCCCCCCCCCOCC(COP(=O)([O-])OCC[N+](C)(C)C)OC(=O)CCCCCCCCC/C=C\C/C=C\CCCCCC. The third-order valence-electron chi connectivity index (χ3n) is 10.5. The molecule has 0 amide bonds. The number of allylic oxidation sites excluding steroid dienone is 12. The lowest BCUT2D eigenvalue weighted by Crippen LogP contribution is -2.37. The van der Waals surface area contributed by atoms with Crippen LogP contribution in [0.2, 0.25) is 0 Å². The largest absolute Gasteiger partial charge is 0.756 e. The summed E-state index contributed by atoms with van der Waals surface area (Å²) >= 11 is 0. The van der Waals surface area contributed by atoms with Gasteiger partial charge >= 0.3 is 5.97 Å². The number of phosphoric ester groups is 1. The van der Waals surface area contributed by atoms with Gasteiger partial charge in [-0.15, -0.1) is 0 Å². The fourth-order valence-corrected chi connectivity index (χ4v) is 7.35. The van der Waals surface area contributed by atoms with E-state index < -0.39 is 13.9 Å². The normalized spacial score (nSPS) is 14.2. The maximum absolute atomic E-state index is 12.7. The summed E-state index contributed by atoms with van der Waals surface area (Å²) in [5, 5.41) is 0. The average molecular weight is 890 g/mol. The van der Waals surface area contributed by atoms with Gasteiger partial charge in [0, 0.05) is 13.0 Å². The van der Waals surface area contributed by atoms with Gasteiger partial charge in [-0.1, -0.05) is 183 Å². The first kappa shape index (κ1) is 59.9. The summed E-state index contributed by atoms with van der Waals surface area (Å²) < 4.78 is 34.7. The zero-order valence-corrected chi connectivity index (χ0v) is 41.7. The van der Waals surface area contributed by atoms with Gasteiger partial charge in [0.05, 0.1) is 34.4 Å². The van der Waals surface area contributed by atoms with Crippen molar-refractivity contribution in [3.05, 3.63) is 72.9 Å². The van der Waals surface area contributed by atoms with Crippen LogP contribution in [0.25, 0.3) is 0 Å². The second-order valence-electron chi connectivity index (χ2n) is 17.8. The standard InChI is InChI=1S/C53H96NO7P/c1-6-8-10-12-14-16-18-20-22-24-26-27-28-29-31-33-35-37-39-41-43-45-48-58-50-52(51-60-62(56,57)59-49-47-54(3,4)5)61-53(55)46-44-42-40-38-36-34-32-30-25-23-21-19-17-15-13-11-9-7-2/h8,10,14,16-17,19-20,22-23,25-27,52H,6-7,9,11-13,15,18,21,24,28-51H2,1-5H3/b10-8-,16-14-,19-17-,22-20-,25-23-,27-26-. The number of unbranched alkanes of at least 4 members (excludes halogenated alkanes) is 20. The predicted octanol–water partition coefficient (Wildman–Crippen LogP) is 14.8. The third-order valence-corrected chi connectivity index (χ3v) is 11.5. The van der Waals surface area contributed by atoms with E-state index >= 15 is 0 Å². The van der Waals surface area contributed by atoms with Crippen molar-refractivity contribution in [1.82, 2.24) is 0 Å². The first-order valence-corrected chi connectivity index (χ1v) is 26.6. The Bertz CT molecular complexity index is 1220. The van der Waals surface area contributed by atoms with E-state index in [0.717, 1.165) is 70.6 Å². The molecule has 0 saturated carbocycles. The number of likely N-dealkylation sites (N-methyl/N-ethyl adjacent to an activating group) is 1. The first-order chi connectivity index (χ1) is 30.1. The molecule has 0 aliphatic rings. The van der Waals surface area contributed by atoms with Gasteiger partial charge in [-0.3, -0.25) is 9.36 Å². The Hall–Kier alpha value is -2.06. The molecule has 0 aliphatic heterocycles. The zero-order valence-electron chi connectivity index (χ0n) is 40.8. The molecule has 0 radical (unpaired) electrons. The van der Waals surface area contributed by atoms with Gasteiger partial charge in [-0.25, -0.2) is 0 Å². The fraction of sp³-hybridized carbons (Fsp3) is 0.755. The van der Waals surface area contributed by atoms with Crippen LogP contribution < -0.4 is 4.89 Å². The molecule has 0 heterocycles. The Labute approximate surface area is 383 Å². The Morgan fingerprint density at radius 3 is 1.40 bits per heavy atom. The van der Waals surface area contributed by atoms with Gasteiger partial charge in [-0.05, 0) is 83.5 Å². The number of hydrogen-bond acceptors (Lipinski definition) is 7. The maximum atomic E-state index is 12.7. The summed E-state index contributed by atoms with van der Waals surface area (Å²) in [6.07, 6.45) is 59.2. The summed E-state index contributed by atoms with van der Waals surface area (Å²) in [7, 11) is 1.34. The third kappa shape index (κ3) is 49.0. The highest BCUT2D eigenvalue weighted by Gasteiger charge is 2.20. The van der Waals surface area contributed by atoms with Crippen molar-refractivity contribution in [2.24, 2.45) is 0 Å². The van der Waals surface area contributed by atoms with Gasteiger partial charge in [0.1, 0.15) is 19.3 Å². The van der Waals surface area contributed by atoms with E-state index in [2.05, 4.69) is 86.8 Å². The van der Waals surface area contributed by atoms with Crippen LogP contribution in [0.3, 0.4) is 0 Å². The molecule has 0 fully saturated rings. The minimum atomic E-state index is -4.54. The molecule has 0 spiro atoms. The summed E-state index contributed by atoms with van der Waals surface area (Å²) in [5.41, 5.74) is 0. The van der Waals surface area contributed by atoms with E-state index in [1.54, 1.807) is 0 Å². The van der Waals surface area contributed by atoms with E-state index in [1.807, 2.05) is 21.1 Å². The number of quaternary nitrogens is 1. The lowest BCUT2D eigenvalue weighted by molar-refractivity contribution is -0.870. The number of carbonyl (C=O) groups is 1. The quantitative estimate of drug-likeness (QED) is 0.0197. The number of esters is 1. The summed E-state index contributed by atoms with van der Waals surface area (Å²) in [5.74, 6) is -0.346. The van der Waals surface area contributed by atoms with Gasteiger partial charge < -0.3 is 27.9 Å². The van der Waals surface area contributed by atoms with Crippen LogP contribution in [0.4, 0.5) is 0 Å². The number of hydrogen-bond donors (Lipinski definition) is 0. The highest BCUT2D eigenvalue weighted by molar-refractivity contribution is 7.45. The Morgan fingerprint density at radius 2 is 0.935 bits per heavy atom. The minimum absolute atomic E-state index is 0.0200. The van der Waals surface area contributed by atoms with Crippen molar-refractivity contribution in [2.45, 2.75) is 206 Å². The molecule has 0 N–H and O–H groups in total. The van der Waals surface area contributed by atoms with Crippen molar-refractivity contribution in [3.8, 4) is 0 Å². The Balaban J connectivity index is 4.19. The van der Waals surface area contributed by atoms with Crippen molar-refractivity contribution in [1.29, 1.82) is 0 Å². The van der Waals surface area contributed by atoms with Crippen LogP contribution in [0.5, 0.6) is 0 Å². The van der Waals surface area contributed by atoms with Crippen molar-refractivity contribution in [3.63, 3.8) is 0 Å². The minimum Gasteiger partial charge on any atom is -0.756 e. The van der Waals surface area contributed by atoms with E-state index in [1.165, 1.54) is 109 Å². The van der Waals surface area contributed by atoms with Crippen LogP contribution in [0.15, 0.2) is 72.9 Å². The van der Waals surface area contributed by atoms with Crippen LogP contribution in [0.1, 0.15) is 200 Å². The number of rotatable bonds is 46. The highest BCUT2D eigenvalue weighted by Crippen LogP contribution is 2.38. The molecular formula is C53H96NO7P. The molecule has 0 bridgehead atoms. The predicted molar refractivity (Wildman–Crippen MR) is 263 cm³/mol. The van der Waals surface area contributed by atoms with Crippen LogP contribution in [0, 0.1) is 0 Å². The van der Waals surface area contributed by atoms with E-state index in [0.29, 0.717) is 24.1 Å². The van der Waals surface area contributed by atoms with Crippen LogP contribution >= 0.6 is 7.82 Å². The van der Waals surface area contributed by atoms with Gasteiger partial charge in [0.15, 0.2) is 0 Å². The lowest BCUT2D eigenvalue weighted by atomic mass is 10.1. The molecule has 2 atom stereocenters. The molecule has 0 saturated heterocycles. The highest BCUT2D eigenvalue weighted by atomic mass is 31.2. The molecule has 360 valence electrons. The molecule has 9 heteroatoms. The van der Waals surface area contributed by atoms with Crippen molar-refractivity contribution < 1.29 is 37.3 Å². The van der Waals surface area contributed by atoms with E-state index in [4.69, 9.17) is 18.5 Å². The number of phosphoric acid groups is 1. The van der Waals surface area contributed by atoms with Crippen molar-refractivity contribution in [2.75, 3.05) is 54.1 Å². The average Bonchev–Trinajstić information content (AvgIpc) is 3.23. The molecule has 0 rings (SSSR count). The van der Waals surface area contributed by atoms with Crippen LogP contribution in [-0.2, 0) is 27.9 Å². The van der Waals surface area contributed by atoms with Gasteiger partial charge in [-0.2, -0.15) is 0 Å². The van der Waals surface area contributed by atoms with Gasteiger partial charge in [0.25, 0.3) is 7.82 Å². The second-order valence-corrected chi connectivity index (χ2v) is 19.2. The second kappa shape index (κ2) is 45.5. The first-order valence-electron chi connectivity index (χ1n) is 25.2. The van der Waals surface area contributed by atoms with E-state index in [-0.39, 0.29) is 25.8 Å². The molecule has 0 aromatic carbocycles. The Kier molecular flexibility index (Phi) is 44.0. The molecule has 0 aromatic rings. The number of nitrogens with zero attached hydrogens (tertiary/aromatic N) is 1. The molecule has 0 aliphatic carbocycles. The van der Waals surface area contributed by atoms with Crippen molar-refractivity contribution >= 4 is 13.8 Å². The number of carbonyl (C=O) groups excluding carboxylic acids is 1. The lowest BCUT2D eigenvalue weighted by Gasteiger charge is -2.28. The summed E-state index contributed by atoms with van der Waals surface area (Å²) in [6, 6.07) is 0. The number of ether oxygens (including phenoxy) is 2. The Morgan fingerprint density at radius 1 is 0.516 bits per heavy atom. The molecular weight excluding hydrogens is 794 g/mol. The van der Waals surface area contributed by atoms with E-state index in [9.17, 15) is 14.3 Å². The zero-order chi connectivity index (χ0) is 45.5. The fourth-order valence-electron chi connectivity index (χ4n) is 6.63. The maximum Gasteiger partial charge on any atom is 0.306 e. The molecule has 62 heavy (non-hydrogen) atoms. The summed E-state index contributed by atoms with van der Waals surface area (Å²) in [4.78, 5) is 25.2. The monoisotopic (exact) mass is 890 g/mol. The smallest absolute Gasteiger partial charge is 0.306 e. The van der Waals surface area contributed by atoms with Gasteiger partial charge in [0.2, 0.25) is 0 Å².